The van der Waals surface area contributed by atoms with Crippen molar-refractivity contribution in [2.75, 3.05) is 0 Å². The molecule has 0 amide bonds. The van der Waals surface area contributed by atoms with Gasteiger partial charge in [-0.2, -0.15) is 0 Å². The summed E-state index contributed by atoms with van der Waals surface area (Å²) < 4.78 is 11.6. The molecule has 5 nitrogen and oxygen atoms in total. The maximum atomic E-state index is 11.5. The van der Waals surface area contributed by atoms with Crippen LogP contribution in [0.25, 0.3) is 10.8 Å². The molecule has 0 unspecified atom stereocenters. The monoisotopic (exact) mass is 284 g/mol. The SMILES string of the molecule is O=C1C=CC2(Oc3cccc4cccc(c34)O2)[C@@H](O)[C@H]1O. The molecule has 5 heteroatoms. The molecule has 0 saturated heterocycles. The average Bonchev–Trinajstić information content (AvgIpc) is 2.50. The van der Waals surface area contributed by atoms with E-state index in [4.69, 9.17) is 9.47 Å². The van der Waals surface area contributed by atoms with E-state index in [1.54, 1.807) is 12.1 Å². The Morgan fingerprint density at radius 1 is 1.00 bits per heavy atom. The van der Waals surface area contributed by atoms with Gasteiger partial charge in [-0.05, 0) is 23.6 Å². The summed E-state index contributed by atoms with van der Waals surface area (Å²) >= 11 is 0. The number of ether oxygens (including phenoxy) is 2. The Bertz CT molecular complexity index is 739. The molecular formula is C16H12O5. The number of benzene rings is 2. The highest BCUT2D eigenvalue weighted by molar-refractivity contribution is 5.96. The standard InChI is InChI=1S/C16H12O5/c17-10-7-8-16(15(19)14(10)18)20-11-5-1-3-9-4-2-6-12(21-16)13(9)11/h1-8,14-15,18-19H/t14-,15-/m0/s1. The predicted molar refractivity (Wildman–Crippen MR) is 74.1 cm³/mol. The number of hydrogen-bond acceptors (Lipinski definition) is 5. The summed E-state index contributed by atoms with van der Waals surface area (Å²) in [5.74, 6) is -1.08. The van der Waals surface area contributed by atoms with Crippen LogP contribution in [0.2, 0.25) is 0 Å². The Kier molecular flexibility index (Phi) is 2.40. The zero-order valence-corrected chi connectivity index (χ0v) is 10.9. The molecule has 0 fully saturated rings. The fraction of sp³-hybridized carbons (Fsp3) is 0.188. The minimum atomic E-state index is -1.59. The molecule has 0 aromatic heterocycles. The lowest BCUT2D eigenvalue weighted by Gasteiger charge is -2.42. The molecule has 2 aromatic carbocycles. The zero-order valence-electron chi connectivity index (χ0n) is 10.9. The van der Waals surface area contributed by atoms with E-state index in [2.05, 4.69) is 0 Å². The fourth-order valence-electron chi connectivity index (χ4n) is 2.77. The van der Waals surface area contributed by atoms with Gasteiger partial charge in [-0.1, -0.05) is 24.3 Å². The Labute approximate surface area is 120 Å². The van der Waals surface area contributed by atoms with Gasteiger partial charge in [-0.25, -0.2) is 0 Å². The molecular weight excluding hydrogens is 272 g/mol. The maximum absolute atomic E-state index is 11.5. The minimum absolute atomic E-state index is 0.541. The average molecular weight is 284 g/mol. The van der Waals surface area contributed by atoms with Crippen molar-refractivity contribution in [2.45, 2.75) is 18.0 Å². The lowest BCUT2D eigenvalue weighted by atomic mass is 9.93. The molecule has 2 aliphatic rings. The van der Waals surface area contributed by atoms with E-state index in [-0.39, 0.29) is 0 Å². The van der Waals surface area contributed by atoms with Crippen LogP contribution in [-0.2, 0) is 4.79 Å². The van der Waals surface area contributed by atoms with Crippen molar-refractivity contribution >= 4 is 16.6 Å². The van der Waals surface area contributed by atoms with Crippen molar-refractivity contribution in [2.24, 2.45) is 0 Å². The van der Waals surface area contributed by atoms with E-state index in [1.165, 1.54) is 12.2 Å². The highest BCUT2D eigenvalue weighted by Crippen LogP contribution is 2.44. The van der Waals surface area contributed by atoms with E-state index in [1.807, 2.05) is 24.3 Å². The van der Waals surface area contributed by atoms with Crippen molar-refractivity contribution in [1.29, 1.82) is 0 Å². The van der Waals surface area contributed by atoms with Crippen molar-refractivity contribution in [1.82, 2.24) is 0 Å². The van der Waals surface area contributed by atoms with Crippen LogP contribution < -0.4 is 9.47 Å². The van der Waals surface area contributed by atoms with E-state index in [0.717, 1.165) is 10.8 Å². The zero-order chi connectivity index (χ0) is 14.6. The lowest BCUT2D eigenvalue weighted by Crippen LogP contribution is -2.60. The first kappa shape index (κ1) is 12.4. The maximum Gasteiger partial charge on any atom is 0.300 e. The van der Waals surface area contributed by atoms with Crippen molar-refractivity contribution < 1.29 is 24.5 Å². The van der Waals surface area contributed by atoms with Gasteiger partial charge < -0.3 is 19.7 Å². The number of carbonyl (C=O) groups excluding carboxylic acids is 1. The van der Waals surface area contributed by atoms with Gasteiger partial charge in [0.25, 0.3) is 0 Å². The van der Waals surface area contributed by atoms with Crippen LogP contribution in [0.15, 0.2) is 48.6 Å². The Morgan fingerprint density at radius 2 is 1.62 bits per heavy atom. The third kappa shape index (κ3) is 1.62. The van der Waals surface area contributed by atoms with Gasteiger partial charge in [0.1, 0.15) is 11.5 Å². The smallest absolute Gasteiger partial charge is 0.300 e. The van der Waals surface area contributed by atoms with E-state index >= 15 is 0 Å². The summed E-state index contributed by atoms with van der Waals surface area (Å²) in [6, 6.07) is 11.1. The largest absolute Gasteiger partial charge is 0.445 e. The molecule has 0 bridgehead atoms. The van der Waals surface area contributed by atoms with Gasteiger partial charge in [-0.15, -0.1) is 0 Å². The summed E-state index contributed by atoms with van der Waals surface area (Å²) in [7, 11) is 0. The van der Waals surface area contributed by atoms with E-state index < -0.39 is 23.8 Å². The van der Waals surface area contributed by atoms with Crippen LogP contribution >= 0.6 is 0 Å². The molecule has 1 aliphatic carbocycles. The van der Waals surface area contributed by atoms with Gasteiger partial charge in [-0.3, -0.25) is 4.79 Å². The number of carbonyl (C=O) groups is 1. The van der Waals surface area contributed by atoms with Crippen LogP contribution in [0.5, 0.6) is 11.5 Å². The Hall–Kier alpha value is -2.37. The fourth-order valence-corrected chi connectivity index (χ4v) is 2.77. The summed E-state index contributed by atoms with van der Waals surface area (Å²) in [6.07, 6.45) is -0.550. The molecule has 2 atom stereocenters. The van der Waals surface area contributed by atoms with E-state index in [0.29, 0.717) is 11.5 Å². The first-order valence-corrected chi connectivity index (χ1v) is 6.60. The van der Waals surface area contributed by atoms with Crippen LogP contribution in [-0.4, -0.2) is 34.0 Å². The summed E-state index contributed by atoms with van der Waals surface area (Å²) in [4.78, 5) is 11.5. The highest BCUT2D eigenvalue weighted by atomic mass is 16.7. The first-order valence-electron chi connectivity index (χ1n) is 6.60. The van der Waals surface area contributed by atoms with Gasteiger partial charge >= 0.3 is 5.79 Å². The number of aliphatic hydroxyl groups is 2. The second-order valence-electron chi connectivity index (χ2n) is 5.16. The number of aliphatic hydroxyl groups excluding tert-OH is 2. The molecule has 4 rings (SSSR count). The van der Waals surface area contributed by atoms with Crippen molar-refractivity contribution in [3.05, 3.63) is 48.6 Å². The molecule has 1 spiro atoms. The topological polar surface area (TPSA) is 76.0 Å². The molecule has 2 aromatic rings. The van der Waals surface area contributed by atoms with Crippen molar-refractivity contribution in [3.63, 3.8) is 0 Å². The molecule has 1 heterocycles. The van der Waals surface area contributed by atoms with Crippen LogP contribution in [0.4, 0.5) is 0 Å². The predicted octanol–water partition coefficient (Wildman–Crippen LogP) is 1.17. The molecule has 0 radical (unpaired) electrons. The second-order valence-corrected chi connectivity index (χ2v) is 5.16. The highest BCUT2D eigenvalue weighted by Gasteiger charge is 2.51. The third-order valence-electron chi connectivity index (χ3n) is 3.85. The molecule has 0 saturated carbocycles. The first-order chi connectivity index (χ1) is 10.1. The summed E-state index contributed by atoms with van der Waals surface area (Å²) in [5, 5.41) is 21.8. The molecule has 106 valence electrons. The normalized spacial score (nSPS) is 25.7. The summed E-state index contributed by atoms with van der Waals surface area (Å²) in [6.45, 7) is 0. The lowest BCUT2D eigenvalue weighted by molar-refractivity contribution is -0.191. The van der Waals surface area contributed by atoms with E-state index in [9.17, 15) is 15.0 Å². The Balaban J connectivity index is 1.91. The number of rotatable bonds is 0. The number of ketones is 1. The van der Waals surface area contributed by atoms with Crippen molar-refractivity contribution in [3.8, 4) is 11.5 Å². The minimum Gasteiger partial charge on any atom is -0.445 e. The second kappa shape index (κ2) is 4.07. The van der Waals surface area contributed by atoms with Crippen LogP contribution in [0.1, 0.15) is 0 Å². The molecule has 2 N–H and O–H groups in total. The van der Waals surface area contributed by atoms with Crippen LogP contribution in [0, 0.1) is 0 Å². The van der Waals surface area contributed by atoms with Crippen LogP contribution in [0.3, 0.4) is 0 Å². The molecule has 21 heavy (non-hydrogen) atoms. The van der Waals surface area contributed by atoms with Gasteiger partial charge in [0.15, 0.2) is 18.0 Å². The summed E-state index contributed by atoms with van der Waals surface area (Å²) in [5.41, 5.74) is 0. The quantitative estimate of drug-likeness (QED) is 0.759. The van der Waals surface area contributed by atoms with Gasteiger partial charge in [0.2, 0.25) is 0 Å². The third-order valence-corrected chi connectivity index (χ3v) is 3.85. The van der Waals surface area contributed by atoms with Gasteiger partial charge in [0.05, 0.1) is 5.39 Å². The van der Waals surface area contributed by atoms with Gasteiger partial charge in [0, 0.05) is 6.08 Å². The number of hydrogen-bond donors (Lipinski definition) is 2. The Morgan fingerprint density at radius 3 is 2.24 bits per heavy atom. The molecule has 1 aliphatic heterocycles.